The van der Waals surface area contributed by atoms with E-state index in [2.05, 4.69) is 40.5 Å². The van der Waals surface area contributed by atoms with Gasteiger partial charge in [0.2, 0.25) is 5.91 Å². The topological polar surface area (TPSA) is 41.6 Å². The number of carbonyl (C=O) groups is 1. The second-order valence-electron chi connectivity index (χ2n) is 7.65. The molecule has 124 valence electrons. The molecule has 2 aliphatic heterocycles. The minimum Gasteiger partial charge on any atom is -0.380 e. The van der Waals surface area contributed by atoms with Gasteiger partial charge in [-0.1, -0.05) is 30.3 Å². The third-order valence-corrected chi connectivity index (χ3v) is 5.64. The van der Waals surface area contributed by atoms with E-state index in [1.807, 2.05) is 0 Å². The third kappa shape index (κ3) is 3.43. The van der Waals surface area contributed by atoms with Crippen LogP contribution in [0.15, 0.2) is 30.3 Å². The Balaban J connectivity index is 1.37. The molecular formula is C19H26N2O2. The van der Waals surface area contributed by atoms with E-state index in [-0.39, 0.29) is 11.3 Å². The molecule has 1 aliphatic carbocycles. The number of hydrogen-bond donors (Lipinski definition) is 1. The van der Waals surface area contributed by atoms with Gasteiger partial charge in [0.05, 0.1) is 13.2 Å². The maximum atomic E-state index is 12.3. The van der Waals surface area contributed by atoms with Gasteiger partial charge < -0.3 is 10.1 Å². The lowest BCUT2D eigenvalue weighted by Gasteiger charge is -2.26. The molecular weight excluding hydrogens is 288 g/mol. The van der Waals surface area contributed by atoms with E-state index in [9.17, 15) is 4.79 Å². The predicted octanol–water partition coefficient (Wildman–Crippen LogP) is 2.05. The smallest absolute Gasteiger partial charge is 0.220 e. The number of amides is 1. The van der Waals surface area contributed by atoms with Crippen molar-refractivity contribution in [2.45, 2.75) is 25.8 Å². The molecule has 1 aromatic carbocycles. The lowest BCUT2D eigenvalue weighted by molar-refractivity contribution is -0.123. The fourth-order valence-electron chi connectivity index (χ4n) is 4.12. The Morgan fingerprint density at radius 3 is 2.91 bits per heavy atom. The first-order valence-electron chi connectivity index (χ1n) is 8.84. The zero-order valence-electron chi connectivity index (χ0n) is 13.7. The van der Waals surface area contributed by atoms with Crippen LogP contribution in [0, 0.1) is 17.3 Å². The Labute approximate surface area is 138 Å². The van der Waals surface area contributed by atoms with Gasteiger partial charge in [0.25, 0.3) is 0 Å². The van der Waals surface area contributed by atoms with Crippen LogP contribution >= 0.6 is 0 Å². The maximum absolute atomic E-state index is 12.3. The molecule has 2 saturated heterocycles. The second kappa shape index (κ2) is 6.25. The van der Waals surface area contributed by atoms with Crippen LogP contribution in [-0.2, 0) is 16.1 Å². The standard InChI is InChI=1S/C19H26N2O2/c22-18(20-9-15-6-7-15)8-19-13-21(11-17(19)12-23-14-19)10-16-4-2-1-3-5-16/h1-5,15,17H,6-14H2,(H,20,22)/t17-,19+/m1/s1. The van der Waals surface area contributed by atoms with Crippen molar-refractivity contribution < 1.29 is 9.53 Å². The van der Waals surface area contributed by atoms with E-state index >= 15 is 0 Å². The molecule has 2 heterocycles. The summed E-state index contributed by atoms with van der Waals surface area (Å²) in [6.07, 6.45) is 3.18. The normalized spacial score (nSPS) is 30.3. The van der Waals surface area contributed by atoms with Crippen LogP contribution in [0.25, 0.3) is 0 Å². The van der Waals surface area contributed by atoms with Gasteiger partial charge in [-0.2, -0.15) is 0 Å². The monoisotopic (exact) mass is 314 g/mol. The summed E-state index contributed by atoms with van der Waals surface area (Å²) >= 11 is 0. The van der Waals surface area contributed by atoms with E-state index in [0.29, 0.717) is 12.3 Å². The van der Waals surface area contributed by atoms with Crippen LogP contribution in [-0.4, -0.2) is 43.7 Å². The molecule has 3 fully saturated rings. The molecule has 4 nitrogen and oxygen atoms in total. The molecule has 1 saturated carbocycles. The van der Waals surface area contributed by atoms with Gasteiger partial charge in [0, 0.05) is 43.9 Å². The number of benzene rings is 1. The largest absolute Gasteiger partial charge is 0.380 e. The van der Waals surface area contributed by atoms with Gasteiger partial charge >= 0.3 is 0 Å². The molecule has 3 aliphatic rings. The molecule has 1 N–H and O–H groups in total. The van der Waals surface area contributed by atoms with Gasteiger partial charge in [0.15, 0.2) is 0 Å². The van der Waals surface area contributed by atoms with E-state index in [4.69, 9.17) is 4.74 Å². The molecule has 1 aromatic rings. The summed E-state index contributed by atoms with van der Waals surface area (Å²) in [6, 6.07) is 10.6. The van der Waals surface area contributed by atoms with E-state index in [0.717, 1.165) is 45.3 Å². The van der Waals surface area contributed by atoms with E-state index in [1.54, 1.807) is 0 Å². The molecule has 0 aromatic heterocycles. The van der Waals surface area contributed by atoms with Gasteiger partial charge in [-0.15, -0.1) is 0 Å². The minimum absolute atomic E-state index is 0.0302. The number of likely N-dealkylation sites (tertiary alicyclic amines) is 1. The fraction of sp³-hybridized carbons (Fsp3) is 0.632. The summed E-state index contributed by atoms with van der Waals surface area (Å²) < 4.78 is 5.75. The van der Waals surface area contributed by atoms with Gasteiger partial charge in [-0.3, -0.25) is 9.69 Å². The molecule has 1 amide bonds. The number of rotatable bonds is 6. The number of nitrogens with zero attached hydrogens (tertiary/aromatic N) is 1. The van der Waals surface area contributed by atoms with Crippen LogP contribution in [0.4, 0.5) is 0 Å². The first kappa shape index (κ1) is 15.2. The second-order valence-corrected chi connectivity index (χ2v) is 7.65. The number of carbonyl (C=O) groups excluding carboxylic acids is 1. The van der Waals surface area contributed by atoms with Crippen molar-refractivity contribution in [3.05, 3.63) is 35.9 Å². The molecule has 0 spiro atoms. The van der Waals surface area contributed by atoms with Crippen LogP contribution < -0.4 is 5.32 Å². The average Bonchev–Trinajstić information content (AvgIpc) is 3.21. The summed E-state index contributed by atoms with van der Waals surface area (Å²) in [4.78, 5) is 14.8. The SMILES string of the molecule is O=C(C[C@]12COC[C@H]1CN(Cc1ccccc1)C2)NCC1CC1. The first-order chi connectivity index (χ1) is 11.2. The Hall–Kier alpha value is -1.39. The highest BCUT2D eigenvalue weighted by Crippen LogP contribution is 2.44. The molecule has 4 rings (SSSR count). The Bertz CT molecular complexity index is 558. The number of ether oxygens (including phenoxy) is 1. The van der Waals surface area contributed by atoms with Crippen molar-refractivity contribution in [3.8, 4) is 0 Å². The Kier molecular flexibility index (Phi) is 4.12. The van der Waals surface area contributed by atoms with E-state index in [1.165, 1.54) is 18.4 Å². The maximum Gasteiger partial charge on any atom is 0.220 e. The highest BCUT2D eigenvalue weighted by atomic mass is 16.5. The Morgan fingerprint density at radius 1 is 1.30 bits per heavy atom. The van der Waals surface area contributed by atoms with Crippen molar-refractivity contribution in [2.24, 2.45) is 17.3 Å². The Morgan fingerprint density at radius 2 is 2.13 bits per heavy atom. The van der Waals surface area contributed by atoms with Crippen molar-refractivity contribution in [1.82, 2.24) is 10.2 Å². The van der Waals surface area contributed by atoms with Gasteiger partial charge in [-0.25, -0.2) is 0 Å². The zero-order chi connectivity index (χ0) is 15.7. The van der Waals surface area contributed by atoms with Crippen LogP contribution in [0.2, 0.25) is 0 Å². The molecule has 4 heteroatoms. The fourth-order valence-corrected chi connectivity index (χ4v) is 4.12. The summed E-state index contributed by atoms with van der Waals surface area (Å²) in [7, 11) is 0. The zero-order valence-corrected chi connectivity index (χ0v) is 13.7. The minimum atomic E-state index is 0.0302. The van der Waals surface area contributed by atoms with Crippen LogP contribution in [0.1, 0.15) is 24.8 Å². The molecule has 0 radical (unpaired) electrons. The average molecular weight is 314 g/mol. The summed E-state index contributed by atoms with van der Waals surface area (Å²) in [5.41, 5.74) is 1.38. The van der Waals surface area contributed by atoms with E-state index < -0.39 is 0 Å². The highest BCUT2D eigenvalue weighted by Gasteiger charge is 2.51. The quantitative estimate of drug-likeness (QED) is 0.874. The van der Waals surface area contributed by atoms with Crippen molar-refractivity contribution >= 4 is 5.91 Å². The molecule has 23 heavy (non-hydrogen) atoms. The summed E-state index contributed by atoms with van der Waals surface area (Å²) in [6.45, 7) is 5.41. The van der Waals surface area contributed by atoms with Crippen molar-refractivity contribution in [2.75, 3.05) is 32.8 Å². The highest BCUT2D eigenvalue weighted by molar-refractivity contribution is 5.77. The number of nitrogens with one attached hydrogen (secondary N) is 1. The van der Waals surface area contributed by atoms with Crippen molar-refractivity contribution in [1.29, 1.82) is 0 Å². The molecule has 0 unspecified atom stereocenters. The lowest BCUT2D eigenvalue weighted by Crippen LogP contribution is -2.38. The summed E-state index contributed by atoms with van der Waals surface area (Å²) in [5.74, 6) is 1.46. The van der Waals surface area contributed by atoms with Crippen LogP contribution in [0.5, 0.6) is 0 Å². The third-order valence-electron chi connectivity index (χ3n) is 5.64. The number of hydrogen-bond acceptors (Lipinski definition) is 3. The van der Waals surface area contributed by atoms with Gasteiger partial charge in [-0.05, 0) is 24.3 Å². The summed E-state index contributed by atoms with van der Waals surface area (Å²) in [5, 5.41) is 3.13. The molecule has 2 atom stereocenters. The molecule has 0 bridgehead atoms. The number of fused-ring (bicyclic) bond motifs is 1. The van der Waals surface area contributed by atoms with Gasteiger partial charge in [0.1, 0.15) is 0 Å². The predicted molar refractivity (Wildman–Crippen MR) is 88.8 cm³/mol. The van der Waals surface area contributed by atoms with Crippen LogP contribution in [0.3, 0.4) is 0 Å². The lowest BCUT2D eigenvalue weighted by atomic mass is 9.78. The van der Waals surface area contributed by atoms with Crippen molar-refractivity contribution in [3.63, 3.8) is 0 Å². The first-order valence-corrected chi connectivity index (χ1v) is 8.84.